The van der Waals surface area contributed by atoms with E-state index < -0.39 is 0 Å². The molecule has 3 aliphatic rings. The second-order valence-corrected chi connectivity index (χ2v) is 12.0. The highest BCUT2D eigenvalue weighted by Crippen LogP contribution is 2.39. The van der Waals surface area contributed by atoms with E-state index in [1.165, 1.54) is 27.8 Å². The first-order chi connectivity index (χ1) is 22.8. The molecule has 0 aliphatic heterocycles. The highest BCUT2D eigenvalue weighted by Gasteiger charge is 2.24. The normalized spacial score (nSPS) is 18.4. The molecule has 0 amide bonds. The van der Waals surface area contributed by atoms with E-state index in [2.05, 4.69) is 151 Å². The lowest BCUT2D eigenvalue weighted by Gasteiger charge is -2.28. The van der Waals surface area contributed by atoms with Gasteiger partial charge < -0.3 is 0 Å². The molecule has 0 fully saturated rings. The number of nitrogens with zero attached hydrogens (tertiary/aromatic N) is 3. The lowest BCUT2D eigenvalue weighted by atomic mass is 9.76. The zero-order chi connectivity index (χ0) is 30.7. The van der Waals surface area contributed by atoms with Crippen molar-refractivity contribution in [3.05, 3.63) is 187 Å². The predicted molar refractivity (Wildman–Crippen MR) is 189 cm³/mol. The molecule has 0 spiro atoms. The molecule has 8 rings (SSSR count). The Kier molecular flexibility index (Phi) is 7.49. The molecule has 3 heteroatoms. The summed E-state index contributed by atoms with van der Waals surface area (Å²) >= 11 is 0. The fourth-order valence-electron chi connectivity index (χ4n) is 6.64. The van der Waals surface area contributed by atoms with Crippen LogP contribution in [0.25, 0.3) is 44.9 Å². The van der Waals surface area contributed by atoms with Gasteiger partial charge in [-0.15, -0.1) is 0 Å². The molecule has 0 bridgehead atoms. The molecule has 3 aromatic carbocycles. The summed E-state index contributed by atoms with van der Waals surface area (Å²) < 4.78 is 0. The minimum Gasteiger partial charge on any atom is -0.264 e. The van der Waals surface area contributed by atoms with E-state index in [0.717, 1.165) is 52.3 Å². The quantitative estimate of drug-likeness (QED) is 0.197. The summed E-state index contributed by atoms with van der Waals surface area (Å²) in [5.41, 5.74) is 12.8. The Balaban J connectivity index is 1.15. The number of benzene rings is 3. The van der Waals surface area contributed by atoms with Crippen LogP contribution in [0.1, 0.15) is 35.6 Å². The molecule has 2 heterocycles. The number of hydrogen-bond acceptors (Lipinski definition) is 3. The third kappa shape index (κ3) is 5.64. The van der Waals surface area contributed by atoms with Gasteiger partial charge in [0.05, 0.1) is 11.4 Å². The smallest absolute Gasteiger partial charge is 0.160 e. The monoisotopic (exact) mass is 591 g/mol. The standard InChI is InChI=1S/C43H33N3/c1-2-8-30(9-3-1)31-15-21-35(22-16-31)41-28-42(36-23-17-32(18-24-36)38-12-7-27-44-29-38)46-43(45-41)37-25-19-34(20-26-37)40-14-6-11-33-10-4-5-13-39(33)40/h1-15,17-21,23-29,39-40H,16,22H2. The van der Waals surface area contributed by atoms with Gasteiger partial charge in [0.1, 0.15) is 0 Å². The predicted octanol–water partition coefficient (Wildman–Crippen LogP) is 10.5. The minimum absolute atomic E-state index is 0.314. The molecular weight excluding hydrogens is 558 g/mol. The van der Waals surface area contributed by atoms with Gasteiger partial charge in [0.15, 0.2) is 5.82 Å². The van der Waals surface area contributed by atoms with E-state index >= 15 is 0 Å². The van der Waals surface area contributed by atoms with Gasteiger partial charge >= 0.3 is 0 Å². The Morgan fingerprint density at radius 2 is 1.24 bits per heavy atom. The van der Waals surface area contributed by atoms with Gasteiger partial charge in [0, 0.05) is 35.4 Å². The van der Waals surface area contributed by atoms with Crippen LogP contribution < -0.4 is 0 Å². The van der Waals surface area contributed by atoms with Crippen molar-refractivity contribution in [3.8, 4) is 33.8 Å². The number of fused-ring (bicyclic) bond motifs is 1. The fraction of sp³-hybridized carbons (Fsp3) is 0.0930. The number of aromatic nitrogens is 3. The van der Waals surface area contributed by atoms with E-state index in [0.29, 0.717) is 11.8 Å². The van der Waals surface area contributed by atoms with Gasteiger partial charge in [-0.25, -0.2) is 9.97 Å². The Bertz CT molecular complexity index is 2060. The summed E-state index contributed by atoms with van der Waals surface area (Å²) in [6.45, 7) is 0. The summed E-state index contributed by atoms with van der Waals surface area (Å²) in [4.78, 5) is 14.6. The maximum absolute atomic E-state index is 5.16. The van der Waals surface area contributed by atoms with Crippen LogP contribution >= 0.6 is 0 Å². The van der Waals surface area contributed by atoms with Crippen LogP contribution in [0.4, 0.5) is 0 Å². The lowest BCUT2D eigenvalue weighted by molar-refractivity contribution is 0.670. The topological polar surface area (TPSA) is 38.7 Å². The number of hydrogen-bond donors (Lipinski definition) is 0. The summed E-state index contributed by atoms with van der Waals surface area (Å²) in [5.74, 6) is 1.43. The van der Waals surface area contributed by atoms with Crippen molar-refractivity contribution < 1.29 is 0 Å². The van der Waals surface area contributed by atoms with Gasteiger partial charge in [-0.2, -0.15) is 0 Å². The maximum atomic E-state index is 5.16. The van der Waals surface area contributed by atoms with E-state index in [9.17, 15) is 0 Å². The summed E-state index contributed by atoms with van der Waals surface area (Å²) in [5, 5.41) is 0. The molecule has 0 N–H and O–H groups in total. The third-order valence-electron chi connectivity index (χ3n) is 9.18. The van der Waals surface area contributed by atoms with Crippen LogP contribution in [0, 0.1) is 5.92 Å². The van der Waals surface area contributed by atoms with Gasteiger partial charge in [-0.1, -0.05) is 140 Å². The molecular formula is C43H33N3. The lowest BCUT2D eigenvalue weighted by Crippen LogP contribution is -2.14. The molecule has 3 nitrogen and oxygen atoms in total. The molecule has 2 aromatic heterocycles. The summed E-state index contributed by atoms with van der Waals surface area (Å²) in [7, 11) is 0. The molecule has 3 aliphatic carbocycles. The first-order valence-electron chi connectivity index (χ1n) is 16.0. The van der Waals surface area contributed by atoms with E-state index in [4.69, 9.17) is 9.97 Å². The molecule has 220 valence electrons. The molecule has 46 heavy (non-hydrogen) atoms. The van der Waals surface area contributed by atoms with E-state index in [1.54, 1.807) is 6.20 Å². The highest BCUT2D eigenvalue weighted by atomic mass is 14.9. The van der Waals surface area contributed by atoms with Crippen molar-refractivity contribution in [1.29, 1.82) is 0 Å². The second kappa shape index (κ2) is 12.4. The first-order valence-corrected chi connectivity index (χ1v) is 16.0. The largest absolute Gasteiger partial charge is 0.264 e. The Labute approximate surface area is 270 Å². The van der Waals surface area contributed by atoms with Crippen molar-refractivity contribution >= 4 is 11.1 Å². The van der Waals surface area contributed by atoms with Gasteiger partial charge in [0.25, 0.3) is 0 Å². The van der Waals surface area contributed by atoms with Gasteiger partial charge in [0.2, 0.25) is 0 Å². The molecule has 0 saturated carbocycles. The van der Waals surface area contributed by atoms with Crippen LogP contribution in [0.2, 0.25) is 0 Å². The SMILES string of the molecule is C1=CC2=CC=CC(c3ccc(-c4nc(C5=CC=C(c6ccccc6)CC5)cc(-c5ccc(-c6cccnc6)cc5)n4)cc3)C2C=C1. The van der Waals surface area contributed by atoms with E-state index in [1.807, 2.05) is 12.3 Å². The molecule has 2 unspecified atom stereocenters. The number of pyridine rings is 1. The van der Waals surface area contributed by atoms with Crippen molar-refractivity contribution in [2.75, 3.05) is 0 Å². The average Bonchev–Trinajstić information content (AvgIpc) is 3.15. The Morgan fingerprint density at radius 1 is 0.522 bits per heavy atom. The fourth-order valence-corrected chi connectivity index (χ4v) is 6.64. The van der Waals surface area contributed by atoms with Crippen LogP contribution in [-0.4, -0.2) is 15.0 Å². The number of rotatable bonds is 6. The highest BCUT2D eigenvalue weighted by molar-refractivity contribution is 5.79. The molecule has 5 aromatic rings. The van der Waals surface area contributed by atoms with Crippen LogP contribution in [0.5, 0.6) is 0 Å². The van der Waals surface area contributed by atoms with Crippen molar-refractivity contribution in [1.82, 2.24) is 15.0 Å². The van der Waals surface area contributed by atoms with Crippen LogP contribution in [-0.2, 0) is 0 Å². The van der Waals surface area contributed by atoms with Gasteiger partial charge in [-0.05, 0) is 63.9 Å². The van der Waals surface area contributed by atoms with Crippen molar-refractivity contribution in [3.63, 3.8) is 0 Å². The van der Waals surface area contributed by atoms with Gasteiger partial charge in [-0.3, -0.25) is 4.98 Å². The van der Waals surface area contributed by atoms with Crippen molar-refractivity contribution in [2.24, 2.45) is 5.92 Å². The summed E-state index contributed by atoms with van der Waals surface area (Å²) in [6, 6.07) is 34.3. The number of allylic oxidation sites excluding steroid dienone is 12. The summed E-state index contributed by atoms with van der Waals surface area (Å²) in [6.07, 6.45) is 25.6. The molecule has 0 saturated heterocycles. The average molecular weight is 592 g/mol. The first kappa shape index (κ1) is 27.8. The van der Waals surface area contributed by atoms with Crippen LogP contribution in [0.15, 0.2) is 170 Å². The second-order valence-electron chi connectivity index (χ2n) is 12.0. The van der Waals surface area contributed by atoms with Crippen molar-refractivity contribution in [2.45, 2.75) is 18.8 Å². The minimum atomic E-state index is 0.314. The Morgan fingerprint density at radius 3 is 2.02 bits per heavy atom. The zero-order valence-corrected chi connectivity index (χ0v) is 25.5. The zero-order valence-electron chi connectivity index (χ0n) is 25.5. The Hall–Kier alpha value is -5.67. The molecule has 0 radical (unpaired) electrons. The molecule has 2 atom stereocenters. The maximum Gasteiger partial charge on any atom is 0.160 e. The van der Waals surface area contributed by atoms with Crippen LogP contribution in [0.3, 0.4) is 0 Å². The van der Waals surface area contributed by atoms with E-state index in [-0.39, 0.29) is 0 Å². The third-order valence-corrected chi connectivity index (χ3v) is 9.18.